The molecule has 0 unspecified atom stereocenters. The highest BCUT2D eigenvalue weighted by molar-refractivity contribution is 5.82. The van der Waals surface area contributed by atoms with Crippen LogP contribution in [0.3, 0.4) is 0 Å². The lowest BCUT2D eigenvalue weighted by molar-refractivity contribution is 0.0202. The van der Waals surface area contributed by atoms with E-state index in [1.165, 1.54) is 0 Å². The van der Waals surface area contributed by atoms with Crippen LogP contribution in [0.25, 0.3) is 10.9 Å². The van der Waals surface area contributed by atoms with Crippen molar-refractivity contribution in [3.63, 3.8) is 0 Å². The lowest BCUT2D eigenvalue weighted by Gasteiger charge is -2.33. The fourth-order valence-electron chi connectivity index (χ4n) is 3.93. The van der Waals surface area contributed by atoms with Gasteiger partial charge in [0.1, 0.15) is 11.4 Å². The van der Waals surface area contributed by atoms with E-state index in [-0.39, 0.29) is 23.6 Å². The Kier molecular flexibility index (Phi) is 5.72. The predicted octanol–water partition coefficient (Wildman–Crippen LogP) is 3.38. The highest BCUT2D eigenvalue weighted by atomic mass is 16.6. The lowest BCUT2D eigenvalue weighted by Crippen LogP contribution is -2.42. The first kappa shape index (κ1) is 21.3. The third kappa shape index (κ3) is 4.45. The molecule has 2 heterocycles. The summed E-state index contributed by atoms with van der Waals surface area (Å²) < 4.78 is 7.13. The third-order valence-electron chi connectivity index (χ3n) is 5.39. The Labute approximate surface area is 171 Å². The average Bonchev–Trinajstić information content (AvgIpc) is 2.63. The molecular formula is C22H32N4O3. The van der Waals surface area contributed by atoms with E-state index >= 15 is 0 Å². The van der Waals surface area contributed by atoms with Crippen LogP contribution in [0.2, 0.25) is 0 Å². The number of nitrogens with two attached hydrogens (primary N) is 1. The fourth-order valence-corrected chi connectivity index (χ4v) is 3.93. The van der Waals surface area contributed by atoms with Gasteiger partial charge in [-0.1, -0.05) is 6.07 Å². The van der Waals surface area contributed by atoms with Gasteiger partial charge in [0.15, 0.2) is 0 Å². The monoisotopic (exact) mass is 400 g/mol. The van der Waals surface area contributed by atoms with Gasteiger partial charge in [0.2, 0.25) is 0 Å². The van der Waals surface area contributed by atoms with E-state index in [1.807, 2.05) is 46.8 Å². The summed E-state index contributed by atoms with van der Waals surface area (Å²) in [5.41, 5.74) is 8.19. The maximum absolute atomic E-state index is 13.0. The molecule has 7 heteroatoms. The van der Waals surface area contributed by atoms with E-state index in [0.717, 1.165) is 29.8 Å². The van der Waals surface area contributed by atoms with Crippen molar-refractivity contribution in [1.29, 1.82) is 0 Å². The maximum atomic E-state index is 13.0. The molecule has 1 saturated heterocycles. The smallest absolute Gasteiger partial charge is 0.410 e. The Balaban J connectivity index is 1.91. The van der Waals surface area contributed by atoms with Gasteiger partial charge in [0, 0.05) is 32.1 Å². The summed E-state index contributed by atoms with van der Waals surface area (Å²) >= 11 is 0. The largest absolute Gasteiger partial charge is 0.444 e. The zero-order valence-corrected chi connectivity index (χ0v) is 18.3. The van der Waals surface area contributed by atoms with Crippen LogP contribution >= 0.6 is 0 Å². The van der Waals surface area contributed by atoms with Crippen molar-refractivity contribution in [2.45, 2.75) is 65.0 Å². The van der Waals surface area contributed by atoms with Gasteiger partial charge in [-0.05, 0) is 64.7 Å². The first-order valence-corrected chi connectivity index (χ1v) is 10.2. The number of rotatable bonds is 2. The molecule has 2 aromatic rings. The van der Waals surface area contributed by atoms with E-state index in [0.29, 0.717) is 24.0 Å². The van der Waals surface area contributed by atoms with Crippen LogP contribution in [0.4, 0.5) is 4.79 Å². The molecule has 0 aliphatic carbocycles. The van der Waals surface area contributed by atoms with Crippen LogP contribution in [-0.4, -0.2) is 39.2 Å². The molecule has 1 aliphatic heterocycles. The van der Waals surface area contributed by atoms with E-state index in [1.54, 1.807) is 16.5 Å². The molecule has 1 atom stereocenters. The van der Waals surface area contributed by atoms with Crippen LogP contribution in [-0.2, 0) is 11.8 Å². The Morgan fingerprint density at radius 1 is 1.28 bits per heavy atom. The second kappa shape index (κ2) is 7.78. The number of aromatic nitrogens is 2. The average molecular weight is 401 g/mol. The number of benzene rings is 1. The summed E-state index contributed by atoms with van der Waals surface area (Å²) in [6, 6.07) is 3.68. The number of hydrogen-bond donors (Lipinski definition) is 1. The summed E-state index contributed by atoms with van der Waals surface area (Å²) in [5, 5.41) is 0.606. The number of amides is 1. The second-order valence-corrected chi connectivity index (χ2v) is 9.11. The molecule has 1 aliphatic rings. The minimum Gasteiger partial charge on any atom is -0.444 e. The van der Waals surface area contributed by atoms with Gasteiger partial charge < -0.3 is 15.4 Å². The van der Waals surface area contributed by atoms with Gasteiger partial charge >= 0.3 is 6.09 Å². The number of hydrogen-bond acceptors (Lipinski definition) is 5. The summed E-state index contributed by atoms with van der Waals surface area (Å²) in [6.07, 6.45) is 1.19. The number of carbonyl (C=O) groups is 1. The van der Waals surface area contributed by atoms with E-state index < -0.39 is 5.60 Å². The Hall–Kier alpha value is -2.41. The molecule has 1 amide bonds. The first-order valence-electron chi connectivity index (χ1n) is 10.2. The molecule has 0 radical (unpaired) electrons. The number of carbonyl (C=O) groups excluding carboxylic acids is 1. The van der Waals surface area contributed by atoms with Crippen molar-refractivity contribution < 1.29 is 9.53 Å². The number of ether oxygens (including phenoxy) is 1. The van der Waals surface area contributed by atoms with Crippen molar-refractivity contribution in [3.05, 3.63) is 39.4 Å². The van der Waals surface area contributed by atoms with Gasteiger partial charge in [-0.15, -0.1) is 0 Å². The molecule has 0 spiro atoms. The summed E-state index contributed by atoms with van der Waals surface area (Å²) in [4.78, 5) is 32.0. The first-order chi connectivity index (χ1) is 13.5. The molecule has 1 aromatic heterocycles. The lowest BCUT2D eigenvalue weighted by atomic mass is 9.95. The molecule has 158 valence electrons. The number of fused-ring (bicyclic) bond motifs is 1. The van der Waals surface area contributed by atoms with Crippen molar-refractivity contribution in [2.24, 2.45) is 12.8 Å². The fraction of sp³-hybridized carbons (Fsp3) is 0.591. The minimum atomic E-state index is -0.509. The normalized spacial score (nSPS) is 16.9. The van der Waals surface area contributed by atoms with Crippen LogP contribution in [0.1, 0.15) is 69.4 Å². The standard InChI is InChI=1S/C22H32N4O3/c1-13-11-16(14(2)23)18-17(12-13)20(27)25(6)19(24-18)15-7-9-26(10-8-15)21(28)29-22(3,4)5/h11-12,14-15H,7-10,23H2,1-6H3/t14-/m1/s1. The molecule has 1 fully saturated rings. The molecule has 0 bridgehead atoms. The number of piperidine rings is 1. The highest BCUT2D eigenvalue weighted by Crippen LogP contribution is 2.29. The van der Waals surface area contributed by atoms with Crippen molar-refractivity contribution in [1.82, 2.24) is 14.5 Å². The van der Waals surface area contributed by atoms with Crippen LogP contribution < -0.4 is 11.3 Å². The third-order valence-corrected chi connectivity index (χ3v) is 5.39. The van der Waals surface area contributed by atoms with Gasteiger partial charge in [-0.25, -0.2) is 9.78 Å². The highest BCUT2D eigenvalue weighted by Gasteiger charge is 2.29. The molecule has 29 heavy (non-hydrogen) atoms. The second-order valence-electron chi connectivity index (χ2n) is 9.11. The summed E-state index contributed by atoms with van der Waals surface area (Å²) in [7, 11) is 1.78. The van der Waals surface area contributed by atoms with Crippen LogP contribution in [0, 0.1) is 6.92 Å². The van der Waals surface area contributed by atoms with Crippen molar-refractivity contribution >= 4 is 17.0 Å². The Morgan fingerprint density at radius 3 is 2.45 bits per heavy atom. The summed E-state index contributed by atoms with van der Waals surface area (Å²) in [6.45, 7) is 10.6. The molecule has 2 N–H and O–H groups in total. The van der Waals surface area contributed by atoms with Crippen LogP contribution in [0.5, 0.6) is 0 Å². The molecule has 7 nitrogen and oxygen atoms in total. The van der Waals surface area contributed by atoms with E-state index in [2.05, 4.69) is 0 Å². The molecule has 3 rings (SSSR count). The molecule has 0 saturated carbocycles. The molecular weight excluding hydrogens is 368 g/mol. The van der Waals surface area contributed by atoms with Crippen LogP contribution in [0.15, 0.2) is 16.9 Å². The summed E-state index contributed by atoms with van der Waals surface area (Å²) in [5.74, 6) is 0.870. The SMILES string of the molecule is Cc1cc([C@@H](C)N)c2nc(C3CCN(C(=O)OC(C)(C)C)CC3)n(C)c(=O)c2c1. The zero-order chi connectivity index (χ0) is 21.5. The van der Waals surface area contributed by atoms with E-state index in [4.69, 9.17) is 15.5 Å². The topological polar surface area (TPSA) is 90.4 Å². The number of nitrogens with zero attached hydrogens (tertiary/aromatic N) is 3. The van der Waals surface area contributed by atoms with Gasteiger partial charge in [-0.3, -0.25) is 9.36 Å². The van der Waals surface area contributed by atoms with Gasteiger partial charge in [0.05, 0.1) is 10.9 Å². The quantitative estimate of drug-likeness (QED) is 0.835. The molecule has 1 aromatic carbocycles. The Morgan fingerprint density at radius 2 is 1.90 bits per heavy atom. The van der Waals surface area contributed by atoms with Crippen molar-refractivity contribution in [2.75, 3.05) is 13.1 Å². The zero-order valence-electron chi connectivity index (χ0n) is 18.3. The van der Waals surface area contributed by atoms with E-state index in [9.17, 15) is 9.59 Å². The predicted molar refractivity (Wildman–Crippen MR) is 114 cm³/mol. The van der Waals surface area contributed by atoms with Crippen molar-refractivity contribution in [3.8, 4) is 0 Å². The maximum Gasteiger partial charge on any atom is 0.410 e. The number of likely N-dealkylation sites (tertiary alicyclic amines) is 1. The Bertz CT molecular complexity index is 980. The van der Waals surface area contributed by atoms with Gasteiger partial charge in [0.25, 0.3) is 5.56 Å². The van der Waals surface area contributed by atoms with Gasteiger partial charge in [-0.2, -0.15) is 0 Å². The minimum absolute atomic E-state index is 0.0508. The number of aryl methyl sites for hydroxylation is 1.